The monoisotopic (exact) mass is 223 g/mol. The van der Waals surface area contributed by atoms with E-state index in [1.165, 1.54) is 17.8 Å². The van der Waals surface area contributed by atoms with Crippen molar-refractivity contribution < 1.29 is 13.9 Å². The molecular weight excluding hydrogens is 216 g/mol. The number of aromatic nitrogens is 1. The summed E-state index contributed by atoms with van der Waals surface area (Å²) in [7, 11) is 1.42. The third-order valence-electron chi connectivity index (χ3n) is 1.79. The van der Waals surface area contributed by atoms with Crippen molar-refractivity contribution in [3.8, 4) is 5.75 Å². The molecule has 0 aliphatic heterocycles. The summed E-state index contributed by atoms with van der Waals surface area (Å²) < 4.78 is 25.7. The van der Waals surface area contributed by atoms with Gasteiger partial charge in [-0.05, 0) is 0 Å². The number of aromatic hydroxyl groups is 1. The highest BCUT2D eigenvalue weighted by Gasteiger charge is 2.25. The standard InChI is InChI=1S/C8H8ClF2NO2/c1-12-3-2-4(13)7(14)6(12)5(9)8(10)11/h2-3,5,8,14H,1H3. The highest BCUT2D eigenvalue weighted by Crippen LogP contribution is 2.30. The van der Waals surface area contributed by atoms with Crippen LogP contribution in [0.3, 0.4) is 0 Å². The molecule has 0 aliphatic carbocycles. The molecule has 0 saturated carbocycles. The van der Waals surface area contributed by atoms with Crippen molar-refractivity contribution in [3.05, 3.63) is 28.2 Å². The van der Waals surface area contributed by atoms with E-state index in [2.05, 4.69) is 0 Å². The molecule has 1 rings (SSSR count). The van der Waals surface area contributed by atoms with Crippen molar-refractivity contribution in [1.82, 2.24) is 4.57 Å². The Morgan fingerprint density at radius 3 is 2.64 bits per heavy atom. The maximum Gasteiger partial charge on any atom is 0.260 e. The summed E-state index contributed by atoms with van der Waals surface area (Å²) in [5.41, 5.74) is -0.987. The van der Waals surface area contributed by atoms with Crippen molar-refractivity contribution in [3.63, 3.8) is 0 Å². The molecule has 0 aliphatic rings. The molecule has 0 aromatic carbocycles. The average molecular weight is 224 g/mol. The van der Waals surface area contributed by atoms with E-state index in [0.717, 1.165) is 6.07 Å². The molecule has 3 nitrogen and oxygen atoms in total. The van der Waals surface area contributed by atoms with Gasteiger partial charge >= 0.3 is 0 Å². The van der Waals surface area contributed by atoms with Crippen LogP contribution in [0, 0.1) is 0 Å². The maximum absolute atomic E-state index is 12.2. The predicted molar refractivity (Wildman–Crippen MR) is 47.9 cm³/mol. The zero-order valence-corrected chi connectivity index (χ0v) is 8.00. The maximum atomic E-state index is 12.2. The van der Waals surface area contributed by atoms with Gasteiger partial charge in [0.15, 0.2) is 5.75 Å². The van der Waals surface area contributed by atoms with Crippen molar-refractivity contribution in [2.75, 3.05) is 0 Å². The van der Waals surface area contributed by atoms with Gasteiger partial charge < -0.3 is 9.67 Å². The average Bonchev–Trinajstić information content (AvgIpc) is 2.12. The highest BCUT2D eigenvalue weighted by molar-refractivity contribution is 6.21. The molecule has 1 aromatic rings. The van der Waals surface area contributed by atoms with Crippen molar-refractivity contribution in [2.45, 2.75) is 11.8 Å². The van der Waals surface area contributed by atoms with Gasteiger partial charge in [0.05, 0.1) is 5.69 Å². The van der Waals surface area contributed by atoms with Gasteiger partial charge in [0.25, 0.3) is 6.43 Å². The summed E-state index contributed by atoms with van der Waals surface area (Å²) in [5.74, 6) is -0.727. The fraction of sp³-hybridized carbons (Fsp3) is 0.375. The molecular formula is C8H8ClF2NO2. The minimum Gasteiger partial charge on any atom is -0.503 e. The molecule has 6 heteroatoms. The number of hydrogen-bond donors (Lipinski definition) is 1. The summed E-state index contributed by atoms with van der Waals surface area (Å²) >= 11 is 5.35. The number of pyridine rings is 1. The highest BCUT2D eigenvalue weighted by atomic mass is 35.5. The third kappa shape index (κ3) is 1.87. The topological polar surface area (TPSA) is 42.2 Å². The van der Waals surface area contributed by atoms with E-state index in [4.69, 9.17) is 11.6 Å². The first kappa shape index (κ1) is 11.0. The van der Waals surface area contributed by atoms with E-state index in [9.17, 15) is 18.7 Å². The minimum atomic E-state index is -2.84. The van der Waals surface area contributed by atoms with Gasteiger partial charge in [-0.3, -0.25) is 4.79 Å². The van der Waals surface area contributed by atoms with E-state index >= 15 is 0 Å². The van der Waals surface area contributed by atoms with Crippen LogP contribution in [0.15, 0.2) is 17.1 Å². The normalized spacial score (nSPS) is 13.2. The van der Waals surface area contributed by atoms with Crippen LogP contribution in [0.25, 0.3) is 0 Å². The molecule has 1 aromatic heterocycles. The quantitative estimate of drug-likeness (QED) is 0.775. The Hall–Kier alpha value is -1.10. The molecule has 1 N–H and O–H groups in total. The van der Waals surface area contributed by atoms with Gasteiger partial charge in [0.1, 0.15) is 5.38 Å². The van der Waals surface area contributed by atoms with Crippen LogP contribution in [-0.4, -0.2) is 16.1 Å². The number of aryl methyl sites for hydroxylation is 1. The molecule has 1 unspecified atom stereocenters. The molecule has 0 amide bonds. The lowest BCUT2D eigenvalue weighted by molar-refractivity contribution is 0.139. The van der Waals surface area contributed by atoms with Crippen LogP contribution in [0.2, 0.25) is 0 Å². The van der Waals surface area contributed by atoms with Crippen LogP contribution in [0.5, 0.6) is 5.75 Å². The molecule has 0 spiro atoms. The van der Waals surface area contributed by atoms with E-state index in [1.807, 2.05) is 0 Å². The molecule has 0 radical (unpaired) electrons. The lowest BCUT2D eigenvalue weighted by atomic mass is 10.2. The molecule has 14 heavy (non-hydrogen) atoms. The second-order valence-electron chi connectivity index (χ2n) is 2.76. The van der Waals surface area contributed by atoms with Gasteiger partial charge in [0, 0.05) is 19.3 Å². The zero-order chi connectivity index (χ0) is 10.9. The summed E-state index contributed by atoms with van der Waals surface area (Å²) in [6.45, 7) is 0. The molecule has 1 atom stereocenters. The second-order valence-corrected chi connectivity index (χ2v) is 3.23. The fourth-order valence-electron chi connectivity index (χ4n) is 1.08. The van der Waals surface area contributed by atoms with Crippen molar-refractivity contribution in [2.24, 2.45) is 7.05 Å². The molecule has 0 fully saturated rings. The summed E-state index contributed by atoms with van der Waals surface area (Å²) in [4.78, 5) is 11.0. The van der Waals surface area contributed by atoms with Gasteiger partial charge in [-0.25, -0.2) is 8.78 Å². The van der Waals surface area contributed by atoms with Crippen molar-refractivity contribution in [1.29, 1.82) is 0 Å². The van der Waals surface area contributed by atoms with Crippen molar-refractivity contribution >= 4 is 11.6 Å². The Bertz CT molecular complexity index is 391. The first-order valence-corrected chi connectivity index (χ1v) is 4.19. The Balaban J connectivity index is 3.32. The number of nitrogens with zero attached hydrogens (tertiary/aromatic N) is 1. The van der Waals surface area contributed by atoms with Crippen LogP contribution < -0.4 is 5.43 Å². The summed E-state index contributed by atoms with van der Waals surface area (Å²) in [5, 5.41) is 7.56. The van der Waals surface area contributed by atoms with Crippen LogP contribution >= 0.6 is 11.6 Å². The Kier molecular flexibility index (Phi) is 3.10. The Morgan fingerprint density at radius 1 is 1.57 bits per heavy atom. The lowest BCUT2D eigenvalue weighted by Gasteiger charge is -2.14. The lowest BCUT2D eigenvalue weighted by Crippen LogP contribution is -2.15. The van der Waals surface area contributed by atoms with Crippen LogP contribution in [-0.2, 0) is 7.05 Å². The summed E-state index contributed by atoms with van der Waals surface area (Å²) in [6, 6.07) is 1.08. The number of rotatable bonds is 2. The first-order valence-electron chi connectivity index (χ1n) is 3.76. The first-order chi connectivity index (χ1) is 6.45. The zero-order valence-electron chi connectivity index (χ0n) is 7.25. The molecule has 0 saturated heterocycles. The van der Waals surface area contributed by atoms with Gasteiger partial charge in [0.2, 0.25) is 5.43 Å². The van der Waals surface area contributed by atoms with E-state index in [0.29, 0.717) is 0 Å². The Labute approximate surface area is 83.5 Å². The largest absolute Gasteiger partial charge is 0.503 e. The third-order valence-corrected chi connectivity index (χ3v) is 2.19. The molecule has 78 valence electrons. The number of hydrogen-bond acceptors (Lipinski definition) is 2. The molecule has 0 bridgehead atoms. The van der Waals surface area contributed by atoms with Gasteiger partial charge in [-0.1, -0.05) is 0 Å². The smallest absolute Gasteiger partial charge is 0.260 e. The predicted octanol–water partition coefficient (Wildman–Crippen LogP) is 1.64. The number of alkyl halides is 3. The Morgan fingerprint density at radius 2 is 2.14 bits per heavy atom. The van der Waals surface area contributed by atoms with Gasteiger partial charge in [-0.2, -0.15) is 0 Å². The second kappa shape index (κ2) is 3.96. The summed E-state index contributed by atoms with van der Waals surface area (Å²) in [6.07, 6.45) is -1.56. The molecule has 1 heterocycles. The SMILES string of the molecule is Cn1ccc(=O)c(O)c1C(Cl)C(F)F. The fourth-order valence-corrected chi connectivity index (χ4v) is 1.33. The van der Waals surface area contributed by atoms with Gasteiger partial charge in [-0.15, -0.1) is 11.6 Å². The van der Waals surface area contributed by atoms with Crippen LogP contribution in [0.1, 0.15) is 11.1 Å². The van der Waals surface area contributed by atoms with E-state index in [1.54, 1.807) is 0 Å². The number of halogens is 3. The van der Waals surface area contributed by atoms with E-state index < -0.39 is 23.0 Å². The van der Waals surface area contributed by atoms with E-state index in [-0.39, 0.29) is 5.69 Å². The van der Waals surface area contributed by atoms with Crippen LogP contribution in [0.4, 0.5) is 8.78 Å². The minimum absolute atomic E-state index is 0.269.